The number of aromatic nitrogens is 4. The molecule has 1 aromatic carbocycles. The zero-order valence-corrected chi connectivity index (χ0v) is 14.6. The SMILES string of the molecule is Cc1ccc2ncc(CNc3cc(-c4ccccc4)nn3CCO)n2c1. The highest BCUT2D eigenvalue weighted by Crippen LogP contribution is 2.22. The van der Waals surface area contributed by atoms with Crippen molar-refractivity contribution < 1.29 is 5.11 Å². The van der Waals surface area contributed by atoms with Crippen LogP contribution in [0, 0.1) is 6.92 Å². The van der Waals surface area contributed by atoms with Gasteiger partial charge in [0.15, 0.2) is 0 Å². The van der Waals surface area contributed by atoms with Crippen molar-refractivity contribution in [3.8, 4) is 11.3 Å². The van der Waals surface area contributed by atoms with Crippen molar-refractivity contribution in [2.45, 2.75) is 20.0 Å². The van der Waals surface area contributed by atoms with Gasteiger partial charge in [0.05, 0.1) is 37.3 Å². The fourth-order valence-electron chi connectivity index (χ4n) is 3.02. The lowest BCUT2D eigenvalue weighted by molar-refractivity contribution is 0.270. The molecule has 0 fully saturated rings. The van der Waals surface area contributed by atoms with Crippen LogP contribution in [0.3, 0.4) is 0 Å². The molecule has 0 saturated heterocycles. The van der Waals surface area contributed by atoms with Gasteiger partial charge < -0.3 is 14.8 Å². The number of hydrogen-bond acceptors (Lipinski definition) is 4. The molecule has 0 aliphatic rings. The number of benzene rings is 1. The second-order valence-corrected chi connectivity index (χ2v) is 6.27. The molecule has 0 spiro atoms. The van der Waals surface area contributed by atoms with Crippen LogP contribution in [-0.4, -0.2) is 30.9 Å². The van der Waals surface area contributed by atoms with Crippen LogP contribution in [0.25, 0.3) is 16.9 Å². The molecule has 2 N–H and O–H groups in total. The molecule has 0 radical (unpaired) electrons. The van der Waals surface area contributed by atoms with Gasteiger partial charge in [0.25, 0.3) is 0 Å². The number of rotatable bonds is 6. The first-order valence-corrected chi connectivity index (χ1v) is 8.65. The van der Waals surface area contributed by atoms with Gasteiger partial charge in [0.1, 0.15) is 11.5 Å². The van der Waals surface area contributed by atoms with Crippen LogP contribution in [0.4, 0.5) is 5.82 Å². The van der Waals surface area contributed by atoms with Crippen LogP contribution >= 0.6 is 0 Å². The normalized spacial score (nSPS) is 11.2. The molecule has 132 valence electrons. The first-order chi connectivity index (χ1) is 12.7. The summed E-state index contributed by atoms with van der Waals surface area (Å²) in [7, 11) is 0. The van der Waals surface area contributed by atoms with Crippen molar-refractivity contribution in [2.24, 2.45) is 0 Å². The Bertz CT molecular complexity index is 1020. The number of anilines is 1. The van der Waals surface area contributed by atoms with Crippen molar-refractivity contribution in [2.75, 3.05) is 11.9 Å². The topological polar surface area (TPSA) is 67.4 Å². The summed E-state index contributed by atoms with van der Waals surface area (Å²) >= 11 is 0. The molecule has 4 rings (SSSR count). The Morgan fingerprint density at radius 3 is 2.77 bits per heavy atom. The average Bonchev–Trinajstić information content (AvgIpc) is 3.25. The van der Waals surface area contributed by atoms with Crippen molar-refractivity contribution >= 4 is 11.5 Å². The Labute approximate surface area is 151 Å². The van der Waals surface area contributed by atoms with E-state index in [0.717, 1.165) is 28.4 Å². The van der Waals surface area contributed by atoms with Gasteiger partial charge in [-0.05, 0) is 18.6 Å². The number of nitrogens with zero attached hydrogens (tertiary/aromatic N) is 4. The maximum atomic E-state index is 9.35. The predicted molar refractivity (Wildman–Crippen MR) is 102 cm³/mol. The highest BCUT2D eigenvalue weighted by atomic mass is 16.3. The van der Waals surface area contributed by atoms with Gasteiger partial charge in [-0.3, -0.25) is 0 Å². The summed E-state index contributed by atoms with van der Waals surface area (Å²) in [5, 5.41) is 17.4. The number of nitrogens with one attached hydrogen (secondary N) is 1. The molecular formula is C20H21N5O. The smallest absolute Gasteiger partial charge is 0.136 e. The third-order valence-electron chi connectivity index (χ3n) is 4.34. The third-order valence-corrected chi connectivity index (χ3v) is 4.34. The molecule has 3 heterocycles. The molecule has 0 amide bonds. The van der Waals surface area contributed by atoms with Crippen LogP contribution < -0.4 is 5.32 Å². The van der Waals surface area contributed by atoms with E-state index in [-0.39, 0.29) is 6.61 Å². The summed E-state index contributed by atoms with van der Waals surface area (Å²) in [6.07, 6.45) is 3.96. The minimum Gasteiger partial charge on any atom is -0.394 e. The average molecular weight is 347 g/mol. The summed E-state index contributed by atoms with van der Waals surface area (Å²) in [5.74, 6) is 0.875. The van der Waals surface area contributed by atoms with Crippen LogP contribution in [0.1, 0.15) is 11.3 Å². The largest absolute Gasteiger partial charge is 0.394 e. The maximum Gasteiger partial charge on any atom is 0.136 e. The lowest BCUT2D eigenvalue weighted by atomic mass is 10.2. The molecular weight excluding hydrogens is 326 g/mol. The minimum absolute atomic E-state index is 0.0411. The number of aliphatic hydroxyl groups excluding tert-OH is 1. The van der Waals surface area contributed by atoms with Crippen LogP contribution in [0.2, 0.25) is 0 Å². The predicted octanol–water partition coefficient (Wildman–Crippen LogP) is 3.11. The van der Waals surface area contributed by atoms with Gasteiger partial charge in [-0.2, -0.15) is 5.10 Å². The van der Waals surface area contributed by atoms with E-state index in [1.165, 1.54) is 5.56 Å². The summed E-state index contributed by atoms with van der Waals surface area (Å²) < 4.78 is 3.89. The quantitative estimate of drug-likeness (QED) is 0.562. The number of pyridine rings is 1. The molecule has 3 aromatic heterocycles. The first kappa shape index (κ1) is 16.4. The van der Waals surface area contributed by atoms with Gasteiger partial charge in [-0.25, -0.2) is 9.67 Å². The third kappa shape index (κ3) is 3.19. The number of imidazole rings is 1. The van der Waals surface area contributed by atoms with E-state index < -0.39 is 0 Å². The summed E-state index contributed by atoms with van der Waals surface area (Å²) in [5.41, 5.74) is 5.13. The minimum atomic E-state index is 0.0411. The van der Waals surface area contributed by atoms with Crippen LogP contribution in [-0.2, 0) is 13.1 Å². The second-order valence-electron chi connectivity index (χ2n) is 6.27. The van der Waals surface area contributed by atoms with E-state index in [4.69, 9.17) is 0 Å². The lowest BCUT2D eigenvalue weighted by Gasteiger charge is -2.08. The number of aryl methyl sites for hydroxylation is 1. The van der Waals surface area contributed by atoms with E-state index in [9.17, 15) is 5.11 Å². The summed E-state index contributed by atoms with van der Waals surface area (Å²) in [6.45, 7) is 3.18. The van der Waals surface area contributed by atoms with Gasteiger partial charge in [0, 0.05) is 17.8 Å². The zero-order valence-electron chi connectivity index (χ0n) is 14.6. The highest BCUT2D eigenvalue weighted by molar-refractivity contribution is 5.63. The zero-order chi connectivity index (χ0) is 17.9. The Morgan fingerprint density at radius 1 is 1.12 bits per heavy atom. The molecule has 0 unspecified atom stereocenters. The number of fused-ring (bicyclic) bond motifs is 1. The van der Waals surface area contributed by atoms with E-state index in [2.05, 4.69) is 39.0 Å². The molecule has 0 aliphatic heterocycles. The van der Waals surface area contributed by atoms with E-state index in [0.29, 0.717) is 13.1 Å². The highest BCUT2D eigenvalue weighted by Gasteiger charge is 2.10. The Morgan fingerprint density at radius 2 is 1.96 bits per heavy atom. The van der Waals surface area contributed by atoms with Crippen molar-refractivity contribution in [3.05, 3.63) is 72.2 Å². The molecule has 6 heteroatoms. The Hall–Kier alpha value is -3.12. The monoisotopic (exact) mass is 347 g/mol. The van der Waals surface area contributed by atoms with Crippen molar-refractivity contribution in [1.29, 1.82) is 0 Å². The molecule has 6 nitrogen and oxygen atoms in total. The lowest BCUT2D eigenvalue weighted by Crippen LogP contribution is -2.11. The molecule has 26 heavy (non-hydrogen) atoms. The molecule has 0 saturated carbocycles. The van der Waals surface area contributed by atoms with Gasteiger partial charge in [-0.15, -0.1) is 0 Å². The Balaban J connectivity index is 1.60. The second kappa shape index (κ2) is 7.01. The van der Waals surface area contributed by atoms with Crippen molar-refractivity contribution in [1.82, 2.24) is 19.2 Å². The van der Waals surface area contributed by atoms with Gasteiger partial charge >= 0.3 is 0 Å². The number of aliphatic hydroxyl groups is 1. The fourth-order valence-corrected chi connectivity index (χ4v) is 3.02. The molecule has 0 bridgehead atoms. The van der Waals surface area contributed by atoms with E-state index >= 15 is 0 Å². The summed E-state index contributed by atoms with van der Waals surface area (Å²) in [4.78, 5) is 4.44. The van der Waals surface area contributed by atoms with Crippen LogP contribution in [0.15, 0.2) is 60.9 Å². The van der Waals surface area contributed by atoms with Crippen molar-refractivity contribution in [3.63, 3.8) is 0 Å². The molecule has 0 atom stereocenters. The van der Waals surface area contributed by atoms with Gasteiger partial charge in [-0.1, -0.05) is 36.4 Å². The Kier molecular flexibility index (Phi) is 4.41. The van der Waals surface area contributed by atoms with E-state index in [1.54, 1.807) is 4.68 Å². The van der Waals surface area contributed by atoms with Crippen LogP contribution in [0.5, 0.6) is 0 Å². The maximum absolute atomic E-state index is 9.35. The molecule has 0 aliphatic carbocycles. The first-order valence-electron chi connectivity index (χ1n) is 8.65. The fraction of sp³-hybridized carbons (Fsp3) is 0.200. The van der Waals surface area contributed by atoms with E-state index in [1.807, 2.05) is 48.7 Å². The molecule has 4 aromatic rings. The number of hydrogen-bond donors (Lipinski definition) is 2. The standard InChI is InChI=1S/C20H21N5O/c1-15-7-8-19-21-12-17(24(19)14-15)13-22-20-11-18(23-25(20)9-10-26)16-5-3-2-4-6-16/h2-8,11-12,14,22,26H,9-10,13H2,1H3. The van der Waals surface area contributed by atoms with Gasteiger partial charge in [0.2, 0.25) is 0 Å². The summed E-state index contributed by atoms with van der Waals surface area (Å²) in [6, 6.07) is 16.1.